The summed E-state index contributed by atoms with van der Waals surface area (Å²) in [4.78, 5) is 25.8. The molecule has 0 bridgehead atoms. The second-order valence-corrected chi connectivity index (χ2v) is 9.92. The highest BCUT2D eigenvalue weighted by atomic mass is 32.1. The average Bonchev–Trinajstić information content (AvgIpc) is 3.33. The van der Waals surface area contributed by atoms with E-state index in [2.05, 4.69) is 32.2 Å². The molecule has 1 amide bonds. The summed E-state index contributed by atoms with van der Waals surface area (Å²) in [5.74, 6) is 0.462. The van der Waals surface area contributed by atoms with Crippen molar-refractivity contribution in [2.45, 2.75) is 40.0 Å². The van der Waals surface area contributed by atoms with Crippen LogP contribution < -0.4 is 14.8 Å². The fourth-order valence-corrected chi connectivity index (χ4v) is 5.23. The van der Waals surface area contributed by atoms with E-state index in [0.29, 0.717) is 28.0 Å². The first kappa shape index (κ1) is 21.2. The van der Waals surface area contributed by atoms with Gasteiger partial charge in [0.15, 0.2) is 18.1 Å². The number of esters is 1. The smallest absolute Gasteiger partial charge is 0.338 e. The number of benzene rings is 1. The Kier molecular flexibility index (Phi) is 5.63. The van der Waals surface area contributed by atoms with Crippen LogP contribution >= 0.6 is 11.3 Å². The topological polar surface area (TPSA) is 97.7 Å². The van der Waals surface area contributed by atoms with E-state index in [4.69, 9.17) is 14.2 Å². The van der Waals surface area contributed by atoms with Gasteiger partial charge in [-0.15, -0.1) is 11.3 Å². The number of nitriles is 1. The Hall–Kier alpha value is -3.05. The Morgan fingerprint density at radius 3 is 2.81 bits per heavy atom. The molecule has 7 nitrogen and oxygen atoms in total. The third kappa shape index (κ3) is 4.37. The van der Waals surface area contributed by atoms with Crippen molar-refractivity contribution in [3.63, 3.8) is 0 Å². The number of carbonyl (C=O) groups is 2. The van der Waals surface area contributed by atoms with Gasteiger partial charge in [0.05, 0.1) is 11.1 Å². The molecule has 0 unspecified atom stereocenters. The summed E-state index contributed by atoms with van der Waals surface area (Å²) < 4.78 is 15.6. The van der Waals surface area contributed by atoms with Gasteiger partial charge in [0.25, 0.3) is 5.91 Å². The van der Waals surface area contributed by atoms with Crippen molar-refractivity contribution in [2.24, 2.45) is 11.3 Å². The number of hydrogen-bond donors (Lipinski definition) is 1. The predicted molar refractivity (Wildman–Crippen MR) is 115 cm³/mol. The van der Waals surface area contributed by atoms with Crippen LogP contribution in [-0.4, -0.2) is 25.3 Å². The van der Waals surface area contributed by atoms with Crippen LogP contribution in [0.4, 0.5) is 5.00 Å². The summed E-state index contributed by atoms with van der Waals surface area (Å²) in [7, 11) is 0. The molecule has 1 aromatic carbocycles. The summed E-state index contributed by atoms with van der Waals surface area (Å²) in [6, 6.07) is 6.94. The standard InChI is InChI=1S/C23H24N2O5S/c1-23(2,3)14-5-6-15-16(10-24)21(31-19(15)9-14)25-20(26)11-28-22(27)13-4-7-17-18(8-13)30-12-29-17/h4,7-8,14H,5-6,9,11-12H2,1-3H3,(H,25,26)/t14-/m1/s1. The Morgan fingerprint density at radius 2 is 2.06 bits per heavy atom. The van der Waals surface area contributed by atoms with Crippen LogP contribution in [-0.2, 0) is 22.4 Å². The maximum absolute atomic E-state index is 12.4. The molecule has 2 aliphatic rings. The van der Waals surface area contributed by atoms with Crippen molar-refractivity contribution in [1.29, 1.82) is 5.26 Å². The second-order valence-electron chi connectivity index (χ2n) is 8.82. The molecule has 0 fully saturated rings. The van der Waals surface area contributed by atoms with Crippen molar-refractivity contribution < 1.29 is 23.8 Å². The Labute approximate surface area is 184 Å². The number of rotatable bonds is 4. The lowest BCUT2D eigenvalue weighted by Gasteiger charge is -2.33. The lowest BCUT2D eigenvalue weighted by molar-refractivity contribution is -0.119. The normalized spacial score (nSPS) is 16.9. The molecule has 1 aliphatic heterocycles. The lowest BCUT2D eigenvalue weighted by Crippen LogP contribution is -2.26. The van der Waals surface area contributed by atoms with Gasteiger partial charge in [0.2, 0.25) is 6.79 Å². The maximum Gasteiger partial charge on any atom is 0.338 e. The fourth-order valence-electron chi connectivity index (χ4n) is 3.93. The first-order chi connectivity index (χ1) is 14.8. The zero-order chi connectivity index (χ0) is 22.2. The number of hydrogen-bond acceptors (Lipinski definition) is 7. The van der Waals surface area contributed by atoms with Gasteiger partial charge in [-0.3, -0.25) is 4.79 Å². The molecule has 1 aromatic heterocycles. The summed E-state index contributed by atoms with van der Waals surface area (Å²) in [5.41, 5.74) is 2.04. The molecule has 1 N–H and O–H groups in total. The van der Waals surface area contributed by atoms with E-state index in [1.165, 1.54) is 17.4 Å². The number of nitrogens with zero attached hydrogens (tertiary/aromatic N) is 1. The molecule has 0 radical (unpaired) electrons. The van der Waals surface area contributed by atoms with Gasteiger partial charge in [-0.1, -0.05) is 20.8 Å². The first-order valence-electron chi connectivity index (χ1n) is 10.2. The van der Waals surface area contributed by atoms with Gasteiger partial charge in [0, 0.05) is 4.88 Å². The monoisotopic (exact) mass is 440 g/mol. The van der Waals surface area contributed by atoms with Crippen molar-refractivity contribution >= 4 is 28.2 Å². The fraction of sp³-hybridized carbons (Fsp3) is 0.435. The largest absolute Gasteiger partial charge is 0.454 e. The number of thiophene rings is 1. The van der Waals surface area contributed by atoms with Crippen molar-refractivity contribution in [3.05, 3.63) is 39.8 Å². The van der Waals surface area contributed by atoms with Crippen LogP contribution in [0, 0.1) is 22.7 Å². The molecular formula is C23H24N2O5S. The minimum atomic E-state index is -0.632. The molecule has 2 heterocycles. The molecule has 0 spiro atoms. The molecule has 8 heteroatoms. The Morgan fingerprint density at radius 1 is 1.29 bits per heavy atom. The summed E-state index contributed by atoms with van der Waals surface area (Å²) in [6.07, 6.45) is 2.78. The molecular weight excluding hydrogens is 416 g/mol. The maximum atomic E-state index is 12.4. The van der Waals surface area contributed by atoms with Gasteiger partial charge in [-0.25, -0.2) is 4.79 Å². The van der Waals surface area contributed by atoms with Crippen molar-refractivity contribution in [3.8, 4) is 17.6 Å². The second kappa shape index (κ2) is 8.23. The summed E-state index contributed by atoms with van der Waals surface area (Å²) in [5, 5.41) is 12.9. The Bertz CT molecular complexity index is 1080. The zero-order valence-corrected chi connectivity index (χ0v) is 18.6. The van der Waals surface area contributed by atoms with E-state index in [9.17, 15) is 14.9 Å². The minimum absolute atomic E-state index is 0.110. The lowest BCUT2D eigenvalue weighted by atomic mass is 9.72. The first-order valence-corrected chi connectivity index (χ1v) is 11.0. The van der Waals surface area contributed by atoms with E-state index in [1.54, 1.807) is 12.1 Å². The molecule has 1 aliphatic carbocycles. The number of fused-ring (bicyclic) bond motifs is 2. The number of carbonyl (C=O) groups excluding carboxylic acids is 2. The summed E-state index contributed by atoms with van der Waals surface area (Å²) >= 11 is 1.45. The molecule has 2 aromatic rings. The molecule has 1 atom stereocenters. The van der Waals surface area contributed by atoms with Gasteiger partial charge in [-0.2, -0.15) is 5.26 Å². The van der Waals surface area contributed by atoms with E-state index in [1.807, 2.05) is 0 Å². The molecule has 162 valence electrons. The van der Waals surface area contributed by atoms with E-state index >= 15 is 0 Å². The third-order valence-corrected chi connectivity index (χ3v) is 6.97. The van der Waals surface area contributed by atoms with Gasteiger partial charge >= 0.3 is 5.97 Å². The molecule has 0 saturated heterocycles. The van der Waals surface area contributed by atoms with Crippen molar-refractivity contribution in [2.75, 3.05) is 18.7 Å². The predicted octanol–water partition coefficient (Wildman–Crippen LogP) is 4.29. The summed E-state index contributed by atoms with van der Waals surface area (Å²) in [6.45, 7) is 6.38. The van der Waals surface area contributed by atoms with Gasteiger partial charge < -0.3 is 19.5 Å². The van der Waals surface area contributed by atoms with Gasteiger partial charge in [-0.05, 0) is 54.4 Å². The van der Waals surface area contributed by atoms with Crippen LogP contribution in [0.25, 0.3) is 0 Å². The highest BCUT2D eigenvalue weighted by Crippen LogP contribution is 2.44. The zero-order valence-electron chi connectivity index (χ0n) is 17.7. The highest BCUT2D eigenvalue weighted by Gasteiger charge is 2.32. The van der Waals surface area contributed by atoms with Crippen LogP contribution in [0.5, 0.6) is 11.5 Å². The average molecular weight is 441 g/mol. The van der Waals surface area contributed by atoms with Crippen LogP contribution in [0.2, 0.25) is 0 Å². The quantitative estimate of drug-likeness (QED) is 0.712. The van der Waals surface area contributed by atoms with Crippen LogP contribution in [0.3, 0.4) is 0 Å². The Balaban J connectivity index is 1.39. The van der Waals surface area contributed by atoms with Gasteiger partial charge in [0.1, 0.15) is 11.1 Å². The van der Waals surface area contributed by atoms with Crippen LogP contribution in [0.15, 0.2) is 18.2 Å². The molecule has 31 heavy (non-hydrogen) atoms. The minimum Gasteiger partial charge on any atom is -0.454 e. The number of nitrogens with one attached hydrogen (secondary N) is 1. The van der Waals surface area contributed by atoms with E-state index < -0.39 is 18.5 Å². The SMILES string of the molecule is CC(C)(C)[C@@H]1CCc2c(sc(NC(=O)COC(=O)c3ccc4c(c3)OCO4)c2C#N)C1. The highest BCUT2D eigenvalue weighted by molar-refractivity contribution is 7.16. The molecule has 0 saturated carbocycles. The van der Waals surface area contributed by atoms with Crippen LogP contribution in [0.1, 0.15) is 53.6 Å². The van der Waals surface area contributed by atoms with Crippen molar-refractivity contribution in [1.82, 2.24) is 0 Å². The number of amides is 1. The third-order valence-electron chi connectivity index (χ3n) is 5.80. The molecule has 4 rings (SSSR count). The number of ether oxygens (including phenoxy) is 3. The van der Waals surface area contributed by atoms with E-state index in [-0.39, 0.29) is 17.8 Å². The van der Waals surface area contributed by atoms with E-state index in [0.717, 1.165) is 29.7 Å². The number of anilines is 1.